The molecule has 0 radical (unpaired) electrons. The zero-order chi connectivity index (χ0) is 25.3. The van der Waals surface area contributed by atoms with Gasteiger partial charge in [0, 0.05) is 19.3 Å². The van der Waals surface area contributed by atoms with E-state index in [1.165, 1.54) is 18.3 Å². The number of carbonyl (C=O) groups is 3. The van der Waals surface area contributed by atoms with Crippen molar-refractivity contribution in [3.63, 3.8) is 0 Å². The molecule has 0 spiro atoms. The molecule has 1 atom stereocenters. The van der Waals surface area contributed by atoms with E-state index in [1.807, 2.05) is 0 Å². The highest BCUT2D eigenvalue weighted by molar-refractivity contribution is 6.28. The van der Waals surface area contributed by atoms with Crippen LogP contribution in [0.15, 0.2) is 30.5 Å². The van der Waals surface area contributed by atoms with Gasteiger partial charge in [0.1, 0.15) is 28.8 Å². The summed E-state index contributed by atoms with van der Waals surface area (Å²) in [7, 11) is 0. The summed E-state index contributed by atoms with van der Waals surface area (Å²) in [5, 5.41) is 17.2. The third kappa shape index (κ3) is 9.18. The lowest BCUT2D eigenvalue weighted by molar-refractivity contribution is -0.139. The van der Waals surface area contributed by atoms with Gasteiger partial charge in [-0.05, 0) is 62.9 Å². The van der Waals surface area contributed by atoms with Crippen LogP contribution in [0.3, 0.4) is 0 Å². The average Bonchev–Trinajstić information content (AvgIpc) is 2.74. The van der Waals surface area contributed by atoms with E-state index < -0.39 is 29.6 Å². The van der Waals surface area contributed by atoms with Gasteiger partial charge in [-0.3, -0.25) is 4.79 Å². The highest BCUT2D eigenvalue weighted by Gasteiger charge is 2.23. The molecule has 0 unspecified atom stereocenters. The summed E-state index contributed by atoms with van der Waals surface area (Å²) in [5.41, 5.74) is 0.0822. The van der Waals surface area contributed by atoms with Gasteiger partial charge in [0.2, 0.25) is 5.28 Å². The lowest BCUT2D eigenvalue weighted by Gasteiger charge is -2.22. The second-order valence-electron chi connectivity index (χ2n) is 8.32. The van der Waals surface area contributed by atoms with Crippen molar-refractivity contribution in [1.82, 2.24) is 20.6 Å². The molecule has 0 aliphatic rings. The summed E-state index contributed by atoms with van der Waals surface area (Å²) in [6, 6.07) is 4.54. The summed E-state index contributed by atoms with van der Waals surface area (Å²) in [6.45, 7) is 5.43. The van der Waals surface area contributed by atoms with Gasteiger partial charge in [-0.25, -0.2) is 19.0 Å². The Kier molecular flexibility index (Phi) is 9.55. The highest BCUT2D eigenvalue weighted by atomic mass is 35.5. The van der Waals surface area contributed by atoms with E-state index in [2.05, 4.69) is 25.9 Å². The van der Waals surface area contributed by atoms with E-state index in [4.69, 9.17) is 16.3 Å². The number of aliphatic carboxylic acids is 1. The van der Waals surface area contributed by atoms with Crippen LogP contribution in [0.4, 0.5) is 15.0 Å². The molecule has 0 saturated carbocycles. The number of aromatic nitrogens is 2. The number of carboxylic acid groups (broad SMARTS) is 1. The van der Waals surface area contributed by atoms with Crippen LogP contribution in [0.1, 0.15) is 49.5 Å². The van der Waals surface area contributed by atoms with E-state index in [1.54, 1.807) is 32.9 Å². The zero-order valence-electron chi connectivity index (χ0n) is 19.0. The van der Waals surface area contributed by atoms with Gasteiger partial charge in [0.25, 0.3) is 5.91 Å². The number of nitrogens with one attached hydrogen (secondary N) is 3. The van der Waals surface area contributed by atoms with Crippen molar-refractivity contribution in [2.75, 3.05) is 11.9 Å². The molecule has 1 aromatic carbocycles. The SMILES string of the molecule is CC(C)(C)OC(=O)N[C@@H](CCCNc1nc(Cl)ncc1C(=O)NCc1ccc(F)cc1)C(=O)O. The number of nitrogens with zero attached hydrogens (tertiary/aromatic N) is 2. The number of hydrogen-bond donors (Lipinski definition) is 4. The molecule has 2 aromatic rings. The first kappa shape index (κ1) is 26.8. The van der Waals surface area contributed by atoms with Crippen molar-refractivity contribution in [2.24, 2.45) is 0 Å². The van der Waals surface area contributed by atoms with Crippen LogP contribution >= 0.6 is 11.6 Å². The maximum absolute atomic E-state index is 13.0. The number of halogens is 2. The summed E-state index contributed by atoms with van der Waals surface area (Å²) in [4.78, 5) is 43.8. The molecule has 2 amide bonds. The number of amides is 2. The number of ether oxygens (including phenoxy) is 1. The van der Waals surface area contributed by atoms with Crippen LogP contribution in [-0.4, -0.2) is 51.2 Å². The predicted octanol–water partition coefficient (Wildman–Crippen LogP) is 3.37. The van der Waals surface area contributed by atoms with E-state index >= 15 is 0 Å². The van der Waals surface area contributed by atoms with E-state index in [0.717, 1.165) is 0 Å². The Hall–Kier alpha value is -3.47. The van der Waals surface area contributed by atoms with Gasteiger partial charge < -0.3 is 25.8 Å². The molecule has 1 aromatic heterocycles. The van der Waals surface area contributed by atoms with Crippen molar-refractivity contribution >= 4 is 35.4 Å². The fourth-order valence-electron chi connectivity index (χ4n) is 2.76. The second-order valence-corrected chi connectivity index (χ2v) is 8.65. The molecule has 34 heavy (non-hydrogen) atoms. The lowest BCUT2D eigenvalue weighted by atomic mass is 10.1. The van der Waals surface area contributed by atoms with Crippen LogP contribution in [0.5, 0.6) is 0 Å². The van der Waals surface area contributed by atoms with Crippen molar-refractivity contribution in [3.8, 4) is 0 Å². The molecule has 2 rings (SSSR count). The summed E-state index contributed by atoms with van der Waals surface area (Å²) in [6.07, 6.45) is 0.870. The van der Waals surface area contributed by atoms with Crippen molar-refractivity contribution in [2.45, 2.75) is 51.8 Å². The maximum Gasteiger partial charge on any atom is 0.408 e. The predicted molar refractivity (Wildman–Crippen MR) is 123 cm³/mol. The van der Waals surface area contributed by atoms with Gasteiger partial charge in [-0.2, -0.15) is 4.98 Å². The molecule has 12 heteroatoms. The Labute approximate surface area is 201 Å². The molecule has 1 heterocycles. The van der Waals surface area contributed by atoms with Crippen LogP contribution < -0.4 is 16.0 Å². The summed E-state index contributed by atoms with van der Waals surface area (Å²) < 4.78 is 18.1. The van der Waals surface area contributed by atoms with Crippen LogP contribution in [-0.2, 0) is 16.1 Å². The molecular formula is C22H27ClFN5O5. The van der Waals surface area contributed by atoms with Gasteiger partial charge >= 0.3 is 12.1 Å². The Morgan fingerprint density at radius 2 is 1.88 bits per heavy atom. The zero-order valence-corrected chi connectivity index (χ0v) is 19.8. The fraction of sp³-hybridized carbons (Fsp3) is 0.409. The molecule has 0 aliphatic carbocycles. The van der Waals surface area contributed by atoms with Crippen molar-refractivity contribution < 1.29 is 28.6 Å². The van der Waals surface area contributed by atoms with Crippen molar-refractivity contribution in [1.29, 1.82) is 0 Å². The topological polar surface area (TPSA) is 143 Å². The Morgan fingerprint density at radius 1 is 1.21 bits per heavy atom. The standard InChI is InChI=1S/C22H27ClFN5O5/c1-22(2,3)34-21(33)28-16(19(31)32)5-4-10-25-17-15(12-27-20(23)29-17)18(30)26-11-13-6-8-14(24)9-7-13/h6-9,12,16H,4-5,10-11H2,1-3H3,(H,26,30)(H,28,33)(H,31,32)(H,25,27,29)/t16-/m0/s1. The number of carboxylic acids is 1. The molecular weight excluding hydrogens is 469 g/mol. The molecule has 0 fully saturated rings. The van der Waals surface area contributed by atoms with Crippen LogP contribution in [0.2, 0.25) is 5.28 Å². The number of benzene rings is 1. The highest BCUT2D eigenvalue weighted by Crippen LogP contribution is 2.15. The lowest BCUT2D eigenvalue weighted by Crippen LogP contribution is -2.43. The minimum Gasteiger partial charge on any atom is -0.480 e. The molecule has 0 bridgehead atoms. The minimum absolute atomic E-state index is 0.0763. The monoisotopic (exact) mass is 495 g/mol. The number of alkyl carbamates (subject to hydrolysis) is 1. The summed E-state index contributed by atoms with van der Waals surface area (Å²) in [5.74, 6) is -1.88. The summed E-state index contributed by atoms with van der Waals surface area (Å²) >= 11 is 5.86. The van der Waals surface area contributed by atoms with E-state index in [-0.39, 0.29) is 42.0 Å². The molecule has 184 valence electrons. The van der Waals surface area contributed by atoms with Crippen molar-refractivity contribution in [3.05, 3.63) is 52.7 Å². The fourth-order valence-corrected chi connectivity index (χ4v) is 2.89. The molecule has 0 aliphatic heterocycles. The molecule has 10 nitrogen and oxygen atoms in total. The van der Waals surface area contributed by atoms with Crippen LogP contribution in [0.25, 0.3) is 0 Å². The molecule has 0 saturated heterocycles. The van der Waals surface area contributed by atoms with Gasteiger partial charge in [-0.15, -0.1) is 0 Å². The Balaban J connectivity index is 1.92. The first-order chi connectivity index (χ1) is 15.9. The van der Waals surface area contributed by atoms with E-state index in [9.17, 15) is 23.9 Å². The quantitative estimate of drug-likeness (QED) is 0.290. The number of hydrogen-bond acceptors (Lipinski definition) is 7. The largest absolute Gasteiger partial charge is 0.480 e. The third-order valence-corrected chi connectivity index (χ3v) is 4.50. The molecule has 4 N–H and O–H groups in total. The number of rotatable bonds is 10. The second kappa shape index (κ2) is 12.1. The first-order valence-electron chi connectivity index (χ1n) is 10.5. The van der Waals surface area contributed by atoms with E-state index in [0.29, 0.717) is 12.0 Å². The normalized spacial score (nSPS) is 11.9. The van der Waals surface area contributed by atoms with Gasteiger partial charge in [-0.1, -0.05) is 12.1 Å². The minimum atomic E-state index is -1.20. The Morgan fingerprint density at radius 3 is 2.50 bits per heavy atom. The average molecular weight is 496 g/mol. The smallest absolute Gasteiger partial charge is 0.408 e. The maximum atomic E-state index is 13.0. The third-order valence-electron chi connectivity index (χ3n) is 4.32. The number of anilines is 1. The first-order valence-corrected chi connectivity index (χ1v) is 10.8. The number of carbonyl (C=O) groups excluding carboxylic acids is 2. The van der Waals surface area contributed by atoms with Gasteiger partial charge in [0.05, 0.1) is 0 Å². The Bertz CT molecular complexity index is 1010. The van der Waals surface area contributed by atoms with Gasteiger partial charge in [0.15, 0.2) is 0 Å². The van der Waals surface area contributed by atoms with Crippen LogP contribution in [0, 0.1) is 5.82 Å².